The van der Waals surface area contributed by atoms with Crippen molar-refractivity contribution in [2.45, 2.75) is 19.3 Å². The molecule has 0 bridgehead atoms. The Morgan fingerprint density at radius 2 is 2.10 bits per heavy atom. The molecule has 1 aromatic rings. The van der Waals surface area contributed by atoms with Gasteiger partial charge in [0.1, 0.15) is 5.69 Å². The number of hydrogen-bond donors (Lipinski definition) is 2. The fourth-order valence-corrected chi connectivity index (χ4v) is 2.08. The largest absolute Gasteiger partial charge is 0.396 e. The van der Waals surface area contributed by atoms with E-state index in [1.807, 2.05) is 0 Å². The first-order chi connectivity index (χ1) is 10.0. The van der Waals surface area contributed by atoms with Gasteiger partial charge in [-0.15, -0.1) is 0 Å². The minimum atomic E-state index is -0.510. The first-order valence-electron chi connectivity index (χ1n) is 6.84. The number of amides is 1. The van der Waals surface area contributed by atoms with E-state index in [2.05, 4.69) is 5.32 Å². The van der Waals surface area contributed by atoms with Gasteiger partial charge in [0.05, 0.1) is 10.5 Å². The Balaban J connectivity index is 2.86. The molecule has 0 radical (unpaired) electrons. The lowest BCUT2D eigenvalue weighted by atomic mass is 10.1. The van der Waals surface area contributed by atoms with Gasteiger partial charge < -0.3 is 15.3 Å². The van der Waals surface area contributed by atoms with Gasteiger partial charge >= 0.3 is 0 Å². The predicted molar refractivity (Wildman–Crippen MR) is 80.5 cm³/mol. The van der Waals surface area contributed by atoms with E-state index in [1.54, 1.807) is 20.2 Å². The van der Waals surface area contributed by atoms with Crippen molar-refractivity contribution in [2.75, 3.05) is 32.6 Å². The van der Waals surface area contributed by atoms with Gasteiger partial charge in [-0.3, -0.25) is 14.9 Å². The molecule has 0 spiro atoms. The molecule has 1 aromatic carbocycles. The number of nitro groups is 1. The van der Waals surface area contributed by atoms with Crippen LogP contribution >= 0.6 is 0 Å². The van der Waals surface area contributed by atoms with E-state index in [9.17, 15) is 14.9 Å². The number of nitro benzene ring substituents is 1. The fraction of sp³-hybridized carbons (Fsp3) is 0.500. The van der Waals surface area contributed by atoms with Gasteiger partial charge in [0.15, 0.2) is 0 Å². The zero-order chi connectivity index (χ0) is 15.8. The maximum Gasteiger partial charge on any atom is 0.293 e. The normalized spacial score (nSPS) is 10.2. The van der Waals surface area contributed by atoms with Crippen molar-refractivity contribution in [1.82, 2.24) is 4.90 Å². The van der Waals surface area contributed by atoms with Gasteiger partial charge in [-0.25, -0.2) is 0 Å². The number of nitrogens with zero attached hydrogens (tertiary/aromatic N) is 2. The monoisotopic (exact) mass is 295 g/mol. The SMILES string of the molecule is CNc1c(C(=O)N(C)CCCCCO)cccc1[N+](=O)[O-]. The minimum absolute atomic E-state index is 0.114. The van der Waals surface area contributed by atoms with Gasteiger partial charge in [-0.1, -0.05) is 6.07 Å². The van der Waals surface area contributed by atoms with Crippen LogP contribution in [0.15, 0.2) is 18.2 Å². The van der Waals surface area contributed by atoms with E-state index in [0.717, 1.165) is 12.8 Å². The van der Waals surface area contributed by atoms with Gasteiger partial charge in [-0.2, -0.15) is 0 Å². The van der Waals surface area contributed by atoms with Gasteiger partial charge in [0.25, 0.3) is 11.6 Å². The second-order valence-corrected chi connectivity index (χ2v) is 4.72. The van der Waals surface area contributed by atoms with E-state index in [-0.39, 0.29) is 29.5 Å². The fourth-order valence-electron chi connectivity index (χ4n) is 2.08. The zero-order valence-corrected chi connectivity index (χ0v) is 12.3. The van der Waals surface area contributed by atoms with Crippen molar-refractivity contribution in [3.8, 4) is 0 Å². The number of carbonyl (C=O) groups excluding carboxylic acids is 1. The number of carbonyl (C=O) groups is 1. The molecule has 21 heavy (non-hydrogen) atoms. The van der Waals surface area contributed by atoms with E-state index in [0.29, 0.717) is 13.0 Å². The number of benzene rings is 1. The quantitative estimate of drug-likeness (QED) is 0.433. The molecular formula is C14H21N3O4. The molecule has 2 N–H and O–H groups in total. The Bertz CT molecular complexity index is 505. The highest BCUT2D eigenvalue weighted by Gasteiger charge is 2.22. The lowest BCUT2D eigenvalue weighted by Gasteiger charge is -2.18. The third-order valence-corrected chi connectivity index (χ3v) is 3.22. The van der Waals surface area contributed by atoms with Crippen LogP contribution in [0, 0.1) is 10.1 Å². The smallest absolute Gasteiger partial charge is 0.293 e. The molecule has 7 heteroatoms. The van der Waals surface area contributed by atoms with E-state index in [1.165, 1.54) is 17.0 Å². The van der Waals surface area contributed by atoms with E-state index in [4.69, 9.17) is 5.11 Å². The van der Waals surface area contributed by atoms with Gasteiger partial charge in [0, 0.05) is 33.3 Å². The van der Waals surface area contributed by atoms with Crippen LogP contribution in [0.25, 0.3) is 0 Å². The number of hydrogen-bond acceptors (Lipinski definition) is 5. The Morgan fingerprint density at radius 3 is 2.67 bits per heavy atom. The number of anilines is 1. The molecule has 0 heterocycles. The number of nitrogens with one attached hydrogen (secondary N) is 1. The summed E-state index contributed by atoms with van der Waals surface area (Å²) in [6.07, 6.45) is 2.33. The van der Waals surface area contributed by atoms with Crippen LogP contribution in [0.5, 0.6) is 0 Å². The lowest BCUT2D eigenvalue weighted by molar-refractivity contribution is -0.384. The zero-order valence-electron chi connectivity index (χ0n) is 12.3. The summed E-state index contributed by atoms with van der Waals surface area (Å²) < 4.78 is 0. The molecule has 1 amide bonds. The third-order valence-electron chi connectivity index (χ3n) is 3.22. The molecule has 0 unspecified atom stereocenters. The van der Waals surface area contributed by atoms with Crippen LogP contribution in [0.2, 0.25) is 0 Å². The summed E-state index contributed by atoms with van der Waals surface area (Å²) in [6.45, 7) is 0.692. The summed E-state index contributed by atoms with van der Waals surface area (Å²) in [7, 11) is 3.22. The van der Waals surface area contributed by atoms with Crippen molar-refractivity contribution in [3.63, 3.8) is 0 Å². The molecule has 1 rings (SSSR count). The van der Waals surface area contributed by atoms with Crippen LogP contribution in [0.3, 0.4) is 0 Å². The lowest BCUT2D eigenvalue weighted by Crippen LogP contribution is -2.28. The van der Waals surface area contributed by atoms with Crippen LogP contribution < -0.4 is 5.32 Å². The maximum atomic E-state index is 12.4. The summed E-state index contributed by atoms with van der Waals surface area (Å²) in [6, 6.07) is 4.45. The van der Waals surface area contributed by atoms with Crippen molar-refractivity contribution in [1.29, 1.82) is 0 Å². The summed E-state index contributed by atoms with van der Waals surface area (Å²) >= 11 is 0. The Kier molecular flexibility index (Phi) is 6.61. The predicted octanol–water partition coefficient (Wildman–Crippen LogP) is 1.87. The second-order valence-electron chi connectivity index (χ2n) is 4.72. The topological polar surface area (TPSA) is 95.7 Å². The van der Waals surface area contributed by atoms with Crippen molar-refractivity contribution in [3.05, 3.63) is 33.9 Å². The summed E-state index contributed by atoms with van der Waals surface area (Å²) in [5, 5.41) is 22.4. The summed E-state index contributed by atoms with van der Waals surface area (Å²) in [5.41, 5.74) is 0.406. The number of aliphatic hydroxyl groups is 1. The van der Waals surface area contributed by atoms with E-state index >= 15 is 0 Å². The first-order valence-corrected chi connectivity index (χ1v) is 6.84. The minimum Gasteiger partial charge on any atom is -0.396 e. The third kappa shape index (κ3) is 4.42. The standard InChI is InChI=1S/C14H21N3O4/c1-15-13-11(7-6-8-12(13)17(20)21)14(19)16(2)9-4-3-5-10-18/h6-8,15,18H,3-5,9-10H2,1-2H3. The first kappa shape index (κ1) is 16.9. The maximum absolute atomic E-state index is 12.4. The van der Waals surface area contributed by atoms with Crippen LogP contribution in [0.1, 0.15) is 29.6 Å². The summed E-state index contributed by atoms with van der Waals surface area (Å²) in [4.78, 5) is 24.4. The molecule has 0 aliphatic rings. The molecule has 0 atom stereocenters. The Hall–Kier alpha value is -2.15. The average molecular weight is 295 g/mol. The molecular weight excluding hydrogens is 274 g/mol. The number of unbranched alkanes of at least 4 members (excludes halogenated alkanes) is 2. The second kappa shape index (κ2) is 8.21. The van der Waals surface area contributed by atoms with Crippen molar-refractivity contribution < 1.29 is 14.8 Å². The molecule has 116 valence electrons. The Morgan fingerprint density at radius 1 is 1.38 bits per heavy atom. The molecule has 0 aliphatic heterocycles. The number of para-hydroxylation sites is 1. The van der Waals surface area contributed by atoms with Crippen LogP contribution in [-0.4, -0.2) is 48.1 Å². The van der Waals surface area contributed by atoms with Crippen molar-refractivity contribution in [2.24, 2.45) is 0 Å². The highest BCUT2D eigenvalue weighted by molar-refractivity contribution is 6.01. The average Bonchev–Trinajstić information content (AvgIpc) is 2.49. The number of aliphatic hydroxyl groups excluding tert-OH is 1. The van der Waals surface area contributed by atoms with E-state index < -0.39 is 4.92 Å². The molecule has 7 nitrogen and oxygen atoms in total. The Labute approximate surface area is 123 Å². The molecule has 0 aromatic heterocycles. The van der Waals surface area contributed by atoms with Gasteiger partial charge in [-0.05, 0) is 25.3 Å². The molecule has 0 saturated carbocycles. The molecule has 0 aliphatic carbocycles. The number of rotatable bonds is 8. The highest BCUT2D eigenvalue weighted by Crippen LogP contribution is 2.28. The highest BCUT2D eigenvalue weighted by atomic mass is 16.6. The molecule has 0 fully saturated rings. The van der Waals surface area contributed by atoms with Crippen molar-refractivity contribution >= 4 is 17.3 Å². The van der Waals surface area contributed by atoms with Crippen LogP contribution in [0.4, 0.5) is 11.4 Å². The van der Waals surface area contributed by atoms with Gasteiger partial charge in [0.2, 0.25) is 0 Å². The molecule has 0 saturated heterocycles. The summed E-state index contributed by atoms with van der Waals surface area (Å²) in [5.74, 6) is -0.257. The van der Waals surface area contributed by atoms with Crippen LogP contribution in [-0.2, 0) is 0 Å².